The van der Waals surface area contributed by atoms with Crippen molar-refractivity contribution in [2.45, 2.75) is 14.7 Å². The van der Waals surface area contributed by atoms with Gasteiger partial charge in [-0.3, -0.25) is 23.8 Å². The molecule has 6 aromatic carbocycles. The lowest BCUT2D eigenvalue weighted by Gasteiger charge is -2.11. The number of phenols is 3. The van der Waals surface area contributed by atoms with Gasteiger partial charge in [-0.05, 0) is 66.0 Å². The first-order valence-electron chi connectivity index (χ1n) is 16.0. The molecular weight excluding hydrogens is 841 g/mol. The lowest BCUT2D eigenvalue weighted by atomic mass is 10.1. The minimum absolute atomic E-state index is 0.000199. The third kappa shape index (κ3) is 9.47. The second kappa shape index (κ2) is 15.9. The summed E-state index contributed by atoms with van der Waals surface area (Å²) in [5.41, 5.74) is -2.45. The van der Waals surface area contributed by atoms with Gasteiger partial charge in [-0.25, -0.2) is 0 Å². The van der Waals surface area contributed by atoms with E-state index in [1.807, 2.05) is 0 Å². The zero-order valence-electron chi connectivity index (χ0n) is 29.1. The first-order valence-corrected chi connectivity index (χ1v) is 20.3. The van der Waals surface area contributed by atoms with E-state index in [0.717, 1.165) is 42.5 Å². The summed E-state index contributed by atoms with van der Waals surface area (Å²) in [6.45, 7) is 0. The largest absolute Gasteiger partial charge is 0.507 e. The van der Waals surface area contributed by atoms with Crippen molar-refractivity contribution in [1.29, 1.82) is 0 Å². The van der Waals surface area contributed by atoms with E-state index in [1.54, 1.807) is 30.3 Å². The van der Waals surface area contributed by atoms with E-state index >= 15 is 0 Å². The summed E-state index contributed by atoms with van der Waals surface area (Å²) in [7, 11) is -14.8. The zero-order valence-corrected chi connectivity index (χ0v) is 31.6. The maximum atomic E-state index is 12.3. The first kappa shape index (κ1) is 41.3. The van der Waals surface area contributed by atoms with E-state index in [4.69, 9.17) is 0 Å². The number of nitrogens with zero attached hydrogens (tertiary/aromatic N) is 7. The Balaban J connectivity index is 1.49. The van der Waals surface area contributed by atoms with E-state index < -0.39 is 90.0 Å². The molecule has 0 amide bonds. The van der Waals surface area contributed by atoms with Gasteiger partial charge in [0.05, 0.1) is 42.9 Å². The van der Waals surface area contributed by atoms with Crippen LogP contribution in [0, 0.1) is 10.1 Å². The van der Waals surface area contributed by atoms with Gasteiger partial charge in [0.1, 0.15) is 22.0 Å². The molecule has 0 saturated heterocycles. The number of aromatic hydroxyl groups is 3. The topological polar surface area (TPSA) is 353 Å². The molecule has 0 radical (unpaired) electrons. The quantitative estimate of drug-likeness (QED) is 0.0262. The van der Waals surface area contributed by atoms with Gasteiger partial charge in [-0.15, -0.1) is 20.5 Å². The van der Waals surface area contributed by atoms with Crippen LogP contribution in [0.15, 0.2) is 149 Å². The van der Waals surface area contributed by atoms with Crippen molar-refractivity contribution in [2.24, 2.45) is 30.7 Å². The monoisotopic (exact) mass is 864 g/mol. The second-order valence-electron chi connectivity index (χ2n) is 11.9. The average Bonchev–Trinajstić information content (AvgIpc) is 3.16. The molecule has 25 heteroatoms. The van der Waals surface area contributed by atoms with Crippen LogP contribution in [-0.4, -0.2) is 59.2 Å². The van der Waals surface area contributed by atoms with Crippen LogP contribution >= 0.6 is 0 Å². The molecule has 59 heavy (non-hydrogen) atoms. The van der Waals surface area contributed by atoms with Gasteiger partial charge in [-0.1, -0.05) is 18.2 Å². The molecule has 302 valence electrons. The van der Waals surface area contributed by atoms with Gasteiger partial charge < -0.3 is 20.6 Å². The Morgan fingerprint density at radius 2 is 1.10 bits per heavy atom. The molecule has 7 N–H and O–H groups in total. The Bertz CT molecular complexity index is 3100. The maximum Gasteiger partial charge on any atom is 0.296 e. The van der Waals surface area contributed by atoms with Crippen LogP contribution in [0.4, 0.5) is 51.2 Å². The number of hydrogen-bond donors (Lipinski definition) is 7. The standard InChI is InChI=1S/C34H24N8O14S3/c43-29-16-24(58(51,52)53)13-18-12-23(57(48,49)50)15-26(31(18)29)38-40-28-17-27(33(44)32(34(28)45)41-36-20-6-9-22(10-7-20)42(46)47)39-37-21-8-11-25(30(14-21)59(54,55)56)35-19-4-2-1-3-5-19/h1-17,35,43-45H,(H,48,49,50)(H,51,52,53)(H,54,55,56). The van der Waals surface area contributed by atoms with Crippen LogP contribution in [0.2, 0.25) is 0 Å². The number of rotatable bonds is 12. The SMILES string of the molecule is O=[N+]([O-])c1ccc(N=Nc2c(O)c(N=Nc3ccc(Nc4ccccc4)c(S(=O)(=O)O)c3)cc(N=Nc3cc(S(=O)(=O)O)cc4cc(S(=O)(=O)O)cc(O)c34)c2O)cc1. The summed E-state index contributed by atoms with van der Waals surface area (Å²) in [4.78, 5) is 8.09. The number of hydrogen-bond acceptors (Lipinski definition) is 18. The van der Waals surface area contributed by atoms with Crippen molar-refractivity contribution in [3.63, 3.8) is 0 Å². The van der Waals surface area contributed by atoms with E-state index in [0.29, 0.717) is 11.8 Å². The fourth-order valence-corrected chi connectivity index (χ4v) is 6.94. The zero-order chi connectivity index (χ0) is 42.9. The lowest BCUT2D eigenvalue weighted by Crippen LogP contribution is -2.03. The fourth-order valence-electron chi connectivity index (χ4n) is 5.20. The molecule has 0 spiro atoms. The summed E-state index contributed by atoms with van der Waals surface area (Å²) in [6.07, 6.45) is 0. The predicted octanol–water partition coefficient (Wildman–Crippen LogP) is 8.59. The van der Waals surface area contributed by atoms with Crippen molar-refractivity contribution in [2.75, 3.05) is 5.32 Å². The number of azo groups is 3. The van der Waals surface area contributed by atoms with Gasteiger partial charge in [0.2, 0.25) is 0 Å². The summed E-state index contributed by atoms with van der Waals surface area (Å²) in [5, 5.41) is 69.6. The molecule has 6 aromatic rings. The van der Waals surface area contributed by atoms with E-state index in [2.05, 4.69) is 36.0 Å². The Labute approximate surface area is 331 Å². The number of nitrogens with one attached hydrogen (secondary N) is 1. The summed E-state index contributed by atoms with van der Waals surface area (Å²) in [5.74, 6) is -2.70. The molecule has 0 unspecified atom stereocenters. The van der Waals surface area contributed by atoms with Crippen molar-refractivity contribution < 1.29 is 59.2 Å². The van der Waals surface area contributed by atoms with Crippen LogP contribution in [0.25, 0.3) is 10.8 Å². The second-order valence-corrected chi connectivity index (χ2v) is 16.1. The summed E-state index contributed by atoms with van der Waals surface area (Å²) >= 11 is 0. The van der Waals surface area contributed by atoms with Gasteiger partial charge >= 0.3 is 0 Å². The van der Waals surface area contributed by atoms with Crippen molar-refractivity contribution in [3.05, 3.63) is 113 Å². The molecule has 0 fully saturated rings. The van der Waals surface area contributed by atoms with Gasteiger partial charge in [0.25, 0.3) is 36.0 Å². The summed E-state index contributed by atoms with van der Waals surface area (Å²) in [6, 6.07) is 20.2. The molecule has 0 saturated carbocycles. The van der Waals surface area contributed by atoms with E-state index in [1.165, 1.54) is 24.3 Å². The number of non-ortho nitro benzene ring substituents is 1. The molecule has 0 bridgehead atoms. The number of phenolic OH excluding ortho intramolecular Hbond substituents is 3. The number of anilines is 2. The number of para-hydroxylation sites is 1. The first-order chi connectivity index (χ1) is 27.7. The highest BCUT2D eigenvalue weighted by Gasteiger charge is 2.22. The molecule has 0 atom stereocenters. The highest BCUT2D eigenvalue weighted by molar-refractivity contribution is 7.86. The average molecular weight is 865 g/mol. The van der Waals surface area contributed by atoms with Crippen molar-refractivity contribution >= 4 is 92.3 Å². The molecule has 6 rings (SSSR count). The Kier molecular flexibility index (Phi) is 11.2. The van der Waals surface area contributed by atoms with Crippen LogP contribution < -0.4 is 5.32 Å². The predicted molar refractivity (Wildman–Crippen MR) is 207 cm³/mol. The number of fused-ring (bicyclic) bond motifs is 1. The molecule has 0 aliphatic heterocycles. The molecular formula is C34H24N8O14S3. The smallest absolute Gasteiger partial charge is 0.296 e. The molecule has 0 aliphatic rings. The molecule has 0 aliphatic carbocycles. The molecule has 22 nitrogen and oxygen atoms in total. The number of nitro groups is 1. The van der Waals surface area contributed by atoms with Gasteiger partial charge in [0, 0.05) is 30.0 Å². The molecule has 0 aromatic heterocycles. The van der Waals surface area contributed by atoms with Crippen LogP contribution in [0.3, 0.4) is 0 Å². The normalized spacial score (nSPS) is 12.5. The van der Waals surface area contributed by atoms with Gasteiger partial charge in [-0.2, -0.15) is 35.5 Å². The number of benzene rings is 6. The Morgan fingerprint density at radius 1 is 0.559 bits per heavy atom. The van der Waals surface area contributed by atoms with E-state index in [9.17, 15) is 64.3 Å². The molecule has 0 heterocycles. The minimum atomic E-state index is -5.02. The lowest BCUT2D eigenvalue weighted by molar-refractivity contribution is -0.384. The van der Waals surface area contributed by atoms with E-state index in [-0.39, 0.29) is 33.5 Å². The Morgan fingerprint density at radius 3 is 1.68 bits per heavy atom. The van der Waals surface area contributed by atoms with Crippen molar-refractivity contribution in [3.8, 4) is 17.2 Å². The third-order valence-corrected chi connectivity index (χ3v) is 10.5. The number of nitro benzene ring substituents is 1. The fraction of sp³-hybridized carbons (Fsp3) is 0. The highest BCUT2D eigenvalue weighted by Crippen LogP contribution is 2.51. The minimum Gasteiger partial charge on any atom is -0.507 e. The van der Waals surface area contributed by atoms with Gasteiger partial charge in [0.15, 0.2) is 17.2 Å². The Hall–Kier alpha value is -7.29. The van der Waals surface area contributed by atoms with Crippen LogP contribution in [0.1, 0.15) is 0 Å². The van der Waals surface area contributed by atoms with Crippen LogP contribution in [0.5, 0.6) is 17.2 Å². The highest BCUT2D eigenvalue weighted by atomic mass is 32.2. The maximum absolute atomic E-state index is 12.3. The summed E-state index contributed by atoms with van der Waals surface area (Å²) < 4.78 is 102. The third-order valence-electron chi connectivity index (χ3n) is 7.92. The van der Waals surface area contributed by atoms with Crippen molar-refractivity contribution in [1.82, 2.24) is 0 Å². The van der Waals surface area contributed by atoms with Crippen LogP contribution in [-0.2, 0) is 30.4 Å².